The van der Waals surface area contributed by atoms with Crippen molar-refractivity contribution >= 4 is 29.4 Å². The first-order valence-corrected chi connectivity index (χ1v) is 13.1. The average Bonchev–Trinajstić information content (AvgIpc) is 2.97. The Hall–Kier alpha value is -4.59. The first kappa shape index (κ1) is 27.4. The van der Waals surface area contributed by atoms with Crippen LogP contribution in [0.5, 0.6) is 0 Å². The minimum Gasteiger partial charge on any atom is -0.477 e. The fourth-order valence-corrected chi connectivity index (χ4v) is 4.63. The summed E-state index contributed by atoms with van der Waals surface area (Å²) in [4.78, 5) is 46.1. The van der Waals surface area contributed by atoms with E-state index < -0.39 is 18.0 Å². The minimum absolute atomic E-state index is 0.0530. The van der Waals surface area contributed by atoms with Crippen LogP contribution in [0.2, 0.25) is 0 Å². The van der Waals surface area contributed by atoms with Crippen LogP contribution in [-0.2, 0) is 11.3 Å². The molecule has 1 aliphatic heterocycles. The summed E-state index contributed by atoms with van der Waals surface area (Å²) in [6.07, 6.45) is 1.85. The van der Waals surface area contributed by atoms with Crippen molar-refractivity contribution in [2.75, 3.05) is 18.0 Å². The molecule has 39 heavy (non-hydrogen) atoms. The summed E-state index contributed by atoms with van der Waals surface area (Å²) in [5, 5.41) is 10.2. The number of carbonyl (C=O) groups excluding carboxylic acids is 2. The lowest BCUT2D eigenvalue weighted by atomic mass is 10.1. The van der Waals surface area contributed by atoms with Gasteiger partial charge in [0.15, 0.2) is 0 Å². The zero-order valence-corrected chi connectivity index (χ0v) is 22.5. The predicted octanol–water partition coefficient (Wildman–Crippen LogP) is 6.22. The molecule has 3 aromatic carbocycles. The summed E-state index contributed by atoms with van der Waals surface area (Å²) >= 11 is 0. The van der Waals surface area contributed by atoms with Crippen LogP contribution in [0.25, 0.3) is 0 Å². The van der Waals surface area contributed by atoms with Gasteiger partial charge in [0.05, 0.1) is 17.4 Å². The Bertz CT molecular complexity index is 1290. The molecule has 1 atom stereocenters. The van der Waals surface area contributed by atoms with Gasteiger partial charge in [-0.05, 0) is 50.1 Å². The third kappa shape index (κ3) is 6.12. The van der Waals surface area contributed by atoms with E-state index in [0.29, 0.717) is 30.9 Å². The highest BCUT2D eigenvalue weighted by Gasteiger charge is 2.39. The third-order valence-corrected chi connectivity index (χ3v) is 6.85. The summed E-state index contributed by atoms with van der Waals surface area (Å²) in [7, 11) is 0. The van der Waals surface area contributed by atoms with Gasteiger partial charge in [-0.1, -0.05) is 73.2 Å². The zero-order valence-electron chi connectivity index (χ0n) is 22.5. The molecule has 0 spiro atoms. The number of hydrogen-bond acceptors (Lipinski definition) is 3. The molecule has 8 nitrogen and oxygen atoms in total. The second kappa shape index (κ2) is 12.3. The van der Waals surface area contributed by atoms with Crippen LogP contribution in [0.4, 0.5) is 21.0 Å². The molecule has 1 aliphatic rings. The highest BCUT2D eigenvalue weighted by Crippen LogP contribution is 2.30. The van der Waals surface area contributed by atoms with E-state index in [1.165, 1.54) is 20.9 Å². The maximum Gasteiger partial charge on any atom is 0.354 e. The molecule has 0 unspecified atom stereocenters. The first-order valence-electron chi connectivity index (χ1n) is 13.1. The second-order valence-electron chi connectivity index (χ2n) is 9.47. The molecule has 4 rings (SSSR count). The van der Waals surface area contributed by atoms with Crippen molar-refractivity contribution < 1.29 is 19.5 Å². The van der Waals surface area contributed by atoms with Crippen molar-refractivity contribution in [1.29, 1.82) is 0 Å². The normalized spacial score (nSPS) is 14.9. The lowest BCUT2D eigenvalue weighted by molar-refractivity contribution is -0.134. The Morgan fingerprint density at radius 3 is 1.90 bits per heavy atom. The van der Waals surface area contributed by atoms with Crippen LogP contribution in [0.1, 0.15) is 31.4 Å². The van der Waals surface area contributed by atoms with Gasteiger partial charge in [-0.2, -0.15) is 0 Å². The van der Waals surface area contributed by atoms with Gasteiger partial charge < -0.3 is 10.0 Å². The molecule has 0 bridgehead atoms. The number of hydrogen-bond donors (Lipinski definition) is 1. The number of anilines is 2. The van der Waals surface area contributed by atoms with Crippen molar-refractivity contribution in [3.05, 3.63) is 108 Å². The largest absolute Gasteiger partial charge is 0.477 e. The van der Waals surface area contributed by atoms with Crippen LogP contribution < -0.4 is 4.90 Å². The van der Waals surface area contributed by atoms with Crippen molar-refractivity contribution in [2.45, 2.75) is 39.8 Å². The fraction of sp³-hybridized carbons (Fsp3) is 0.258. The first-order chi connectivity index (χ1) is 18.8. The highest BCUT2D eigenvalue weighted by atomic mass is 16.4. The van der Waals surface area contributed by atoms with E-state index in [4.69, 9.17) is 0 Å². The van der Waals surface area contributed by atoms with E-state index in [1.54, 1.807) is 29.2 Å². The Balaban J connectivity index is 1.68. The number of aryl methyl sites for hydroxylation is 1. The maximum absolute atomic E-state index is 14.0. The molecule has 3 aromatic rings. The highest BCUT2D eigenvalue weighted by molar-refractivity contribution is 6.04. The lowest BCUT2D eigenvalue weighted by Gasteiger charge is -2.41. The van der Waals surface area contributed by atoms with Gasteiger partial charge in [-0.15, -0.1) is 0 Å². The fourth-order valence-electron chi connectivity index (χ4n) is 4.63. The Morgan fingerprint density at radius 1 is 0.846 bits per heavy atom. The predicted molar refractivity (Wildman–Crippen MR) is 151 cm³/mol. The molecule has 0 saturated carbocycles. The number of urea groups is 2. The van der Waals surface area contributed by atoms with Crippen LogP contribution >= 0.6 is 0 Å². The molecular weight excluding hydrogens is 492 g/mol. The SMILES string of the molecule is CC[C@H]1CN(C(=O)N(c2ccccc2)c2ccccc2)C(C(=O)O)=CN1C(=O)N(CC)Cc1ccc(C)cc1. The summed E-state index contributed by atoms with van der Waals surface area (Å²) < 4.78 is 0. The number of para-hydroxylation sites is 2. The average molecular weight is 527 g/mol. The van der Waals surface area contributed by atoms with Gasteiger partial charge in [-0.25, -0.2) is 14.4 Å². The van der Waals surface area contributed by atoms with Gasteiger partial charge in [0.25, 0.3) is 0 Å². The lowest BCUT2D eigenvalue weighted by Crippen LogP contribution is -2.56. The molecule has 1 N–H and O–H groups in total. The number of amides is 4. The van der Waals surface area contributed by atoms with Gasteiger partial charge in [0.2, 0.25) is 0 Å². The zero-order chi connectivity index (χ0) is 27.9. The molecule has 0 radical (unpaired) electrons. The summed E-state index contributed by atoms with van der Waals surface area (Å²) in [5.41, 5.74) is 3.09. The van der Waals surface area contributed by atoms with E-state index in [-0.39, 0.29) is 18.3 Å². The van der Waals surface area contributed by atoms with Gasteiger partial charge in [0, 0.05) is 25.8 Å². The van der Waals surface area contributed by atoms with Crippen molar-refractivity contribution in [1.82, 2.24) is 14.7 Å². The van der Waals surface area contributed by atoms with Gasteiger partial charge in [-0.3, -0.25) is 14.7 Å². The molecule has 0 aromatic heterocycles. The van der Waals surface area contributed by atoms with Crippen molar-refractivity contribution in [3.8, 4) is 0 Å². The minimum atomic E-state index is -1.28. The standard InChI is InChI=1S/C31H34N4O4/c1-4-25-21-34(31(39)35(26-12-8-6-9-13-26)27-14-10-7-11-15-27)28(29(36)37)22-33(25)30(38)32(5-2)20-24-18-16-23(3)17-19-24/h6-19,22,25H,4-5,20-21H2,1-3H3,(H,36,37)/t25-/m0/s1. The number of carboxylic acid groups (broad SMARTS) is 1. The number of nitrogens with zero attached hydrogens (tertiary/aromatic N) is 4. The molecule has 0 saturated heterocycles. The summed E-state index contributed by atoms with van der Waals surface area (Å²) in [6.45, 7) is 6.74. The van der Waals surface area contributed by atoms with Crippen LogP contribution in [0.15, 0.2) is 96.8 Å². The van der Waals surface area contributed by atoms with Crippen molar-refractivity contribution in [3.63, 3.8) is 0 Å². The smallest absolute Gasteiger partial charge is 0.354 e. The molecule has 0 fully saturated rings. The number of carbonyl (C=O) groups is 3. The quantitative estimate of drug-likeness (QED) is 0.396. The number of carboxylic acids is 1. The molecule has 202 valence electrons. The molecule has 4 amide bonds. The Labute approximate surface area is 229 Å². The van der Waals surface area contributed by atoms with Crippen LogP contribution in [0, 0.1) is 6.92 Å². The summed E-state index contributed by atoms with van der Waals surface area (Å²) in [6, 6.07) is 25.0. The summed E-state index contributed by atoms with van der Waals surface area (Å²) in [5.74, 6) is -1.28. The Morgan fingerprint density at radius 2 is 1.41 bits per heavy atom. The van der Waals surface area contributed by atoms with Crippen LogP contribution in [0.3, 0.4) is 0 Å². The van der Waals surface area contributed by atoms with Crippen molar-refractivity contribution in [2.24, 2.45) is 0 Å². The molecule has 0 aliphatic carbocycles. The second-order valence-corrected chi connectivity index (χ2v) is 9.47. The van der Waals surface area contributed by atoms with E-state index >= 15 is 0 Å². The maximum atomic E-state index is 14.0. The van der Waals surface area contributed by atoms with E-state index in [1.807, 2.05) is 81.4 Å². The van der Waals surface area contributed by atoms with E-state index in [2.05, 4.69) is 0 Å². The van der Waals surface area contributed by atoms with E-state index in [9.17, 15) is 19.5 Å². The van der Waals surface area contributed by atoms with Gasteiger partial charge >= 0.3 is 18.0 Å². The third-order valence-electron chi connectivity index (χ3n) is 6.85. The van der Waals surface area contributed by atoms with E-state index in [0.717, 1.165) is 11.1 Å². The molecule has 8 heteroatoms. The Kier molecular flexibility index (Phi) is 8.66. The topological polar surface area (TPSA) is 84.4 Å². The molecule has 1 heterocycles. The number of aliphatic carboxylic acids is 1. The number of benzene rings is 3. The monoisotopic (exact) mass is 526 g/mol. The van der Waals surface area contributed by atoms with Crippen LogP contribution in [-0.4, -0.2) is 57.0 Å². The molecular formula is C31H34N4O4. The number of rotatable bonds is 7. The van der Waals surface area contributed by atoms with Gasteiger partial charge in [0.1, 0.15) is 5.70 Å².